The molecular formula is C14H27NO. The fourth-order valence-electron chi connectivity index (χ4n) is 2.46. The largest absolute Gasteiger partial charge is 0.378 e. The monoisotopic (exact) mass is 225 g/mol. The molecule has 2 fully saturated rings. The van der Waals surface area contributed by atoms with Crippen LogP contribution in [0.3, 0.4) is 0 Å². The molecule has 2 rings (SSSR count). The summed E-state index contributed by atoms with van der Waals surface area (Å²) in [5, 5.41) is 3.71. The maximum Gasteiger partial charge on any atom is 0.0618 e. The smallest absolute Gasteiger partial charge is 0.0618 e. The lowest BCUT2D eigenvalue weighted by Crippen LogP contribution is -2.40. The second kappa shape index (κ2) is 5.05. The van der Waals surface area contributed by atoms with E-state index in [1.165, 1.54) is 32.1 Å². The first-order chi connectivity index (χ1) is 7.54. The molecule has 1 heterocycles. The second-order valence-electron chi connectivity index (χ2n) is 6.73. The van der Waals surface area contributed by atoms with Gasteiger partial charge in [-0.05, 0) is 50.0 Å². The van der Waals surface area contributed by atoms with Crippen LogP contribution in [0.2, 0.25) is 0 Å². The summed E-state index contributed by atoms with van der Waals surface area (Å²) in [4.78, 5) is 0. The molecule has 2 heteroatoms. The zero-order valence-corrected chi connectivity index (χ0v) is 11.1. The molecule has 94 valence electrons. The van der Waals surface area contributed by atoms with Gasteiger partial charge in [0.25, 0.3) is 0 Å². The molecule has 0 aromatic rings. The van der Waals surface area contributed by atoms with Gasteiger partial charge >= 0.3 is 0 Å². The minimum Gasteiger partial charge on any atom is -0.378 e. The van der Waals surface area contributed by atoms with Crippen molar-refractivity contribution in [2.45, 2.75) is 65.0 Å². The highest BCUT2D eigenvalue weighted by atomic mass is 16.5. The number of hydrogen-bond acceptors (Lipinski definition) is 2. The lowest BCUT2D eigenvalue weighted by molar-refractivity contribution is -0.0113. The molecule has 2 nitrogen and oxygen atoms in total. The van der Waals surface area contributed by atoms with E-state index < -0.39 is 0 Å². The van der Waals surface area contributed by atoms with E-state index in [1.807, 2.05) is 0 Å². The first-order valence-corrected chi connectivity index (χ1v) is 6.89. The molecule has 1 aliphatic heterocycles. The van der Waals surface area contributed by atoms with Gasteiger partial charge in [0.15, 0.2) is 0 Å². The van der Waals surface area contributed by atoms with E-state index in [1.54, 1.807) is 0 Å². The Morgan fingerprint density at radius 3 is 2.56 bits per heavy atom. The maximum atomic E-state index is 5.84. The zero-order chi connectivity index (χ0) is 11.6. The van der Waals surface area contributed by atoms with Crippen molar-refractivity contribution in [3.8, 4) is 0 Å². The molecule has 2 aliphatic rings. The van der Waals surface area contributed by atoms with Crippen molar-refractivity contribution in [3.63, 3.8) is 0 Å². The Kier molecular flexibility index (Phi) is 3.91. The van der Waals surface area contributed by atoms with Crippen molar-refractivity contribution >= 4 is 0 Å². The van der Waals surface area contributed by atoms with Crippen LogP contribution in [-0.2, 0) is 4.74 Å². The van der Waals surface area contributed by atoms with Gasteiger partial charge in [-0.1, -0.05) is 20.8 Å². The van der Waals surface area contributed by atoms with Gasteiger partial charge in [-0.15, -0.1) is 0 Å². The van der Waals surface area contributed by atoms with E-state index in [4.69, 9.17) is 4.74 Å². The Morgan fingerprint density at radius 1 is 1.19 bits per heavy atom. The Labute approximate surface area is 100 Å². The predicted octanol–water partition coefficient (Wildman–Crippen LogP) is 2.97. The van der Waals surface area contributed by atoms with Crippen LogP contribution in [0.5, 0.6) is 0 Å². The van der Waals surface area contributed by atoms with Crippen molar-refractivity contribution in [2.24, 2.45) is 11.3 Å². The highest BCUT2D eigenvalue weighted by Crippen LogP contribution is 2.38. The molecule has 0 aromatic heterocycles. The summed E-state index contributed by atoms with van der Waals surface area (Å²) in [5.74, 6) is 0.896. The van der Waals surface area contributed by atoms with Gasteiger partial charge in [0.1, 0.15) is 0 Å². The third-order valence-corrected chi connectivity index (χ3v) is 3.77. The van der Waals surface area contributed by atoms with Crippen LogP contribution in [0.1, 0.15) is 52.9 Å². The molecule has 0 radical (unpaired) electrons. The third-order valence-electron chi connectivity index (χ3n) is 3.77. The average molecular weight is 225 g/mol. The van der Waals surface area contributed by atoms with Crippen molar-refractivity contribution < 1.29 is 4.74 Å². The Hall–Kier alpha value is -0.0800. The summed E-state index contributed by atoms with van der Waals surface area (Å²) in [7, 11) is 0. The normalized spacial score (nSPS) is 31.7. The molecular weight excluding hydrogens is 198 g/mol. The predicted molar refractivity (Wildman–Crippen MR) is 67.6 cm³/mol. The summed E-state index contributed by atoms with van der Waals surface area (Å²) >= 11 is 0. The highest BCUT2D eigenvalue weighted by Gasteiger charge is 2.35. The molecule has 1 saturated heterocycles. The van der Waals surface area contributed by atoms with Gasteiger partial charge in [-0.2, -0.15) is 0 Å². The SMILES string of the molecule is CC(C)(C)CCNC1CCOC(C2CC2)C1. The van der Waals surface area contributed by atoms with Gasteiger partial charge in [0, 0.05) is 12.6 Å². The highest BCUT2D eigenvalue weighted by molar-refractivity contribution is 4.88. The van der Waals surface area contributed by atoms with Gasteiger partial charge in [-0.3, -0.25) is 0 Å². The minimum atomic E-state index is 0.452. The van der Waals surface area contributed by atoms with Crippen molar-refractivity contribution in [3.05, 3.63) is 0 Å². The standard InChI is InChI=1S/C14H27NO/c1-14(2,3)7-8-15-12-6-9-16-13(10-12)11-4-5-11/h11-13,15H,4-10H2,1-3H3. The number of rotatable bonds is 4. The van der Waals surface area contributed by atoms with Crippen LogP contribution < -0.4 is 5.32 Å². The van der Waals surface area contributed by atoms with Crippen LogP contribution in [0, 0.1) is 11.3 Å². The molecule has 0 bridgehead atoms. The van der Waals surface area contributed by atoms with E-state index in [0.29, 0.717) is 17.6 Å². The van der Waals surface area contributed by atoms with E-state index in [9.17, 15) is 0 Å². The Balaban J connectivity index is 1.65. The van der Waals surface area contributed by atoms with E-state index >= 15 is 0 Å². The molecule has 16 heavy (non-hydrogen) atoms. The lowest BCUT2D eigenvalue weighted by atomic mass is 9.92. The van der Waals surface area contributed by atoms with Crippen molar-refractivity contribution in [1.82, 2.24) is 5.32 Å². The average Bonchev–Trinajstić information content (AvgIpc) is 2.99. The third kappa shape index (κ3) is 4.06. The van der Waals surface area contributed by atoms with E-state index in [0.717, 1.165) is 19.1 Å². The summed E-state index contributed by atoms with van der Waals surface area (Å²) in [5.41, 5.74) is 0.452. The van der Waals surface area contributed by atoms with Crippen LogP contribution in [0.15, 0.2) is 0 Å². The molecule has 1 aliphatic carbocycles. The van der Waals surface area contributed by atoms with Crippen LogP contribution in [0.4, 0.5) is 0 Å². The molecule has 2 atom stereocenters. The maximum absolute atomic E-state index is 5.84. The molecule has 1 N–H and O–H groups in total. The van der Waals surface area contributed by atoms with E-state index in [-0.39, 0.29) is 0 Å². The second-order valence-corrected chi connectivity index (χ2v) is 6.73. The summed E-state index contributed by atoms with van der Waals surface area (Å²) < 4.78 is 5.84. The molecule has 1 saturated carbocycles. The van der Waals surface area contributed by atoms with Gasteiger partial charge in [-0.25, -0.2) is 0 Å². The number of ether oxygens (including phenoxy) is 1. The molecule has 2 unspecified atom stereocenters. The summed E-state index contributed by atoms with van der Waals surface area (Å²) in [6.07, 6.45) is 7.08. The summed E-state index contributed by atoms with van der Waals surface area (Å²) in [6, 6.07) is 0.710. The Morgan fingerprint density at radius 2 is 1.94 bits per heavy atom. The van der Waals surface area contributed by atoms with Crippen LogP contribution in [-0.4, -0.2) is 25.3 Å². The van der Waals surface area contributed by atoms with Crippen molar-refractivity contribution in [1.29, 1.82) is 0 Å². The zero-order valence-electron chi connectivity index (χ0n) is 11.1. The fraction of sp³-hybridized carbons (Fsp3) is 1.00. The minimum absolute atomic E-state index is 0.452. The number of hydrogen-bond donors (Lipinski definition) is 1. The molecule has 0 amide bonds. The lowest BCUT2D eigenvalue weighted by Gasteiger charge is -2.31. The topological polar surface area (TPSA) is 21.3 Å². The quantitative estimate of drug-likeness (QED) is 0.794. The number of nitrogens with one attached hydrogen (secondary N) is 1. The molecule has 0 spiro atoms. The fourth-order valence-corrected chi connectivity index (χ4v) is 2.46. The van der Waals surface area contributed by atoms with Gasteiger partial charge in [0.05, 0.1) is 6.10 Å². The van der Waals surface area contributed by atoms with Crippen molar-refractivity contribution in [2.75, 3.05) is 13.2 Å². The first-order valence-electron chi connectivity index (χ1n) is 6.89. The van der Waals surface area contributed by atoms with Gasteiger partial charge in [0.2, 0.25) is 0 Å². The first kappa shape index (κ1) is 12.4. The van der Waals surface area contributed by atoms with E-state index in [2.05, 4.69) is 26.1 Å². The summed E-state index contributed by atoms with van der Waals surface area (Å²) in [6.45, 7) is 9.06. The van der Waals surface area contributed by atoms with Crippen LogP contribution >= 0.6 is 0 Å². The van der Waals surface area contributed by atoms with Crippen LogP contribution in [0.25, 0.3) is 0 Å². The Bertz CT molecular complexity index is 217. The molecule has 0 aromatic carbocycles. The van der Waals surface area contributed by atoms with Gasteiger partial charge < -0.3 is 10.1 Å².